The molecule has 1 aromatic heterocycles. The van der Waals surface area contributed by atoms with Gasteiger partial charge in [-0.3, -0.25) is 0 Å². The molecule has 0 aliphatic rings. The molecule has 21 heavy (non-hydrogen) atoms. The van der Waals surface area contributed by atoms with E-state index in [1.54, 1.807) is 33.3 Å². The number of carbonyl (C=O) groups excluding carboxylic acids is 1. The average Bonchev–Trinajstić information content (AvgIpc) is 2.82. The molecule has 1 aromatic rings. The molecule has 2 N–H and O–H groups in total. The summed E-state index contributed by atoms with van der Waals surface area (Å²) in [6, 6.07) is -0.510. The van der Waals surface area contributed by atoms with Gasteiger partial charge in [0.1, 0.15) is 5.60 Å². The number of imidazole rings is 1. The molecule has 0 fully saturated rings. The van der Waals surface area contributed by atoms with E-state index in [1.165, 1.54) is 0 Å². The van der Waals surface area contributed by atoms with Crippen molar-refractivity contribution in [2.45, 2.75) is 65.1 Å². The normalized spacial score (nSPS) is 13.0. The molecule has 0 aliphatic carbocycles. The Morgan fingerprint density at radius 3 is 2.76 bits per heavy atom. The molecule has 1 amide bonds. The molecule has 0 aromatic carbocycles. The van der Waals surface area contributed by atoms with Crippen LogP contribution in [0, 0.1) is 0 Å². The predicted molar refractivity (Wildman–Crippen MR) is 80.9 cm³/mol. The summed E-state index contributed by atoms with van der Waals surface area (Å²) >= 11 is 0. The lowest BCUT2D eigenvalue weighted by Gasteiger charge is -2.23. The number of aliphatic hydroxyl groups is 1. The lowest BCUT2D eigenvalue weighted by molar-refractivity contribution is 0.0479. The van der Waals surface area contributed by atoms with E-state index in [0.717, 1.165) is 31.5 Å². The SMILES string of the molecule is CCCCCn1cncc1C(CO)NC(=O)OC(C)(C)C. The molecule has 1 unspecified atom stereocenters. The molecule has 0 aliphatic heterocycles. The molecule has 6 heteroatoms. The number of aryl methyl sites for hydroxylation is 1. The van der Waals surface area contributed by atoms with Crippen molar-refractivity contribution in [3.05, 3.63) is 18.2 Å². The van der Waals surface area contributed by atoms with E-state index in [4.69, 9.17) is 4.74 Å². The number of alkyl carbamates (subject to hydrolysis) is 1. The van der Waals surface area contributed by atoms with Gasteiger partial charge in [0.25, 0.3) is 0 Å². The highest BCUT2D eigenvalue weighted by atomic mass is 16.6. The van der Waals surface area contributed by atoms with Crippen molar-refractivity contribution in [1.29, 1.82) is 0 Å². The Morgan fingerprint density at radius 1 is 1.48 bits per heavy atom. The number of carbonyl (C=O) groups is 1. The number of aliphatic hydroxyl groups excluding tert-OH is 1. The monoisotopic (exact) mass is 297 g/mol. The summed E-state index contributed by atoms with van der Waals surface area (Å²) < 4.78 is 7.18. The summed E-state index contributed by atoms with van der Waals surface area (Å²) in [6.07, 6.45) is 6.19. The maximum absolute atomic E-state index is 11.8. The second-order valence-corrected chi connectivity index (χ2v) is 6.10. The van der Waals surface area contributed by atoms with Crippen molar-refractivity contribution in [3.63, 3.8) is 0 Å². The van der Waals surface area contributed by atoms with Crippen molar-refractivity contribution in [1.82, 2.24) is 14.9 Å². The van der Waals surface area contributed by atoms with E-state index in [1.807, 2.05) is 4.57 Å². The smallest absolute Gasteiger partial charge is 0.408 e. The number of hydrogen-bond acceptors (Lipinski definition) is 4. The molecular weight excluding hydrogens is 270 g/mol. The van der Waals surface area contributed by atoms with Gasteiger partial charge in [0, 0.05) is 6.54 Å². The Balaban J connectivity index is 2.67. The minimum absolute atomic E-state index is 0.196. The van der Waals surface area contributed by atoms with E-state index >= 15 is 0 Å². The van der Waals surface area contributed by atoms with E-state index < -0.39 is 17.7 Å². The molecular formula is C15H27N3O3. The molecule has 120 valence electrons. The van der Waals surface area contributed by atoms with Crippen LogP contribution >= 0.6 is 0 Å². The topological polar surface area (TPSA) is 76.4 Å². The Kier molecular flexibility index (Phi) is 6.68. The minimum Gasteiger partial charge on any atom is -0.444 e. The highest BCUT2D eigenvalue weighted by Crippen LogP contribution is 2.15. The van der Waals surface area contributed by atoms with E-state index in [-0.39, 0.29) is 6.61 Å². The summed E-state index contributed by atoms with van der Waals surface area (Å²) in [5, 5.41) is 12.2. The largest absolute Gasteiger partial charge is 0.444 e. The van der Waals surface area contributed by atoms with Gasteiger partial charge in [0.05, 0.1) is 30.9 Å². The van der Waals surface area contributed by atoms with Crippen molar-refractivity contribution in [3.8, 4) is 0 Å². The van der Waals surface area contributed by atoms with Crippen LogP contribution in [0.4, 0.5) is 4.79 Å². The van der Waals surface area contributed by atoms with Gasteiger partial charge < -0.3 is 19.7 Å². The van der Waals surface area contributed by atoms with Gasteiger partial charge in [0.2, 0.25) is 0 Å². The molecule has 1 rings (SSSR count). The third-order valence-electron chi connectivity index (χ3n) is 2.98. The Labute approximate surface area is 126 Å². The standard InChI is InChI=1S/C15H27N3O3/c1-5-6-7-8-18-11-16-9-13(18)12(10-19)17-14(20)21-15(2,3)4/h9,11-12,19H,5-8,10H2,1-4H3,(H,17,20). The molecule has 0 bridgehead atoms. The van der Waals surface area contributed by atoms with Crippen LogP contribution in [0.25, 0.3) is 0 Å². The molecule has 6 nitrogen and oxygen atoms in total. The average molecular weight is 297 g/mol. The van der Waals surface area contributed by atoms with E-state index in [0.29, 0.717) is 0 Å². The van der Waals surface area contributed by atoms with Crippen LogP contribution in [0.3, 0.4) is 0 Å². The quantitative estimate of drug-likeness (QED) is 0.759. The van der Waals surface area contributed by atoms with Crippen LogP contribution in [0.2, 0.25) is 0 Å². The van der Waals surface area contributed by atoms with Crippen LogP contribution in [-0.4, -0.2) is 33.0 Å². The first-order chi connectivity index (χ1) is 9.87. The number of unbranched alkanes of at least 4 members (excludes halogenated alkanes) is 2. The minimum atomic E-state index is -0.564. The first-order valence-corrected chi connectivity index (χ1v) is 7.47. The van der Waals surface area contributed by atoms with Crippen LogP contribution in [0.1, 0.15) is 58.7 Å². The van der Waals surface area contributed by atoms with Crippen LogP contribution in [-0.2, 0) is 11.3 Å². The number of rotatable bonds is 7. The van der Waals surface area contributed by atoms with Gasteiger partial charge in [-0.05, 0) is 27.2 Å². The van der Waals surface area contributed by atoms with Gasteiger partial charge in [-0.25, -0.2) is 9.78 Å². The number of ether oxygens (including phenoxy) is 1. The summed E-state index contributed by atoms with van der Waals surface area (Å²) in [4.78, 5) is 15.9. The van der Waals surface area contributed by atoms with E-state index in [9.17, 15) is 9.90 Å². The third kappa shape index (κ3) is 6.16. The first kappa shape index (κ1) is 17.5. The maximum Gasteiger partial charge on any atom is 0.408 e. The summed E-state index contributed by atoms with van der Waals surface area (Å²) in [5.74, 6) is 0. The van der Waals surface area contributed by atoms with Gasteiger partial charge in [-0.2, -0.15) is 0 Å². The number of nitrogens with one attached hydrogen (secondary N) is 1. The molecule has 1 atom stereocenters. The Bertz CT molecular complexity index is 438. The second kappa shape index (κ2) is 8.02. The molecule has 0 saturated carbocycles. The van der Waals surface area contributed by atoms with Crippen molar-refractivity contribution >= 4 is 6.09 Å². The molecule has 0 saturated heterocycles. The number of nitrogens with zero attached hydrogens (tertiary/aromatic N) is 2. The van der Waals surface area contributed by atoms with Crippen molar-refractivity contribution < 1.29 is 14.6 Å². The third-order valence-corrected chi connectivity index (χ3v) is 2.98. The van der Waals surface area contributed by atoms with Crippen molar-refractivity contribution in [2.75, 3.05) is 6.61 Å². The van der Waals surface area contributed by atoms with Crippen LogP contribution in [0.15, 0.2) is 12.5 Å². The first-order valence-electron chi connectivity index (χ1n) is 7.47. The number of amides is 1. The highest BCUT2D eigenvalue weighted by Gasteiger charge is 2.22. The fourth-order valence-corrected chi connectivity index (χ4v) is 2.00. The summed E-state index contributed by atoms with van der Waals surface area (Å²) in [5.41, 5.74) is 0.227. The van der Waals surface area contributed by atoms with Crippen LogP contribution in [0.5, 0.6) is 0 Å². The van der Waals surface area contributed by atoms with E-state index in [2.05, 4.69) is 17.2 Å². The van der Waals surface area contributed by atoms with Crippen LogP contribution < -0.4 is 5.32 Å². The Morgan fingerprint density at radius 2 is 2.19 bits per heavy atom. The zero-order valence-corrected chi connectivity index (χ0v) is 13.4. The molecule has 0 radical (unpaired) electrons. The van der Waals surface area contributed by atoms with Gasteiger partial charge >= 0.3 is 6.09 Å². The number of hydrogen-bond donors (Lipinski definition) is 2. The lowest BCUT2D eigenvalue weighted by atomic mass is 10.2. The Hall–Kier alpha value is -1.56. The maximum atomic E-state index is 11.8. The fraction of sp³-hybridized carbons (Fsp3) is 0.733. The number of aromatic nitrogens is 2. The second-order valence-electron chi connectivity index (χ2n) is 6.10. The fourth-order valence-electron chi connectivity index (χ4n) is 2.00. The van der Waals surface area contributed by atoms with Gasteiger partial charge in [-0.1, -0.05) is 19.8 Å². The van der Waals surface area contributed by atoms with Gasteiger partial charge in [0.15, 0.2) is 0 Å². The summed E-state index contributed by atoms with van der Waals surface area (Å²) in [6.45, 7) is 8.18. The molecule has 0 spiro atoms. The zero-order valence-electron chi connectivity index (χ0n) is 13.4. The zero-order chi connectivity index (χ0) is 15.9. The predicted octanol–water partition coefficient (Wildman–Crippen LogP) is 2.63. The highest BCUT2D eigenvalue weighted by molar-refractivity contribution is 5.68. The molecule has 1 heterocycles. The van der Waals surface area contributed by atoms with Gasteiger partial charge in [-0.15, -0.1) is 0 Å². The summed E-state index contributed by atoms with van der Waals surface area (Å²) in [7, 11) is 0. The lowest BCUT2D eigenvalue weighted by Crippen LogP contribution is -2.37. The van der Waals surface area contributed by atoms with Crippen molar-refractivity contribution in [2.24, 2.45) is 0 Å².